The van der Waals surface area contributed by atoms with Gasteiger partial charge in [0.2, 0.25) is 0 Å². The number of hydrogen-bond donors (Lipinski definition) is 0. The molecule has 0 bridgehead atoms. The molecule has 0 aromatic heterocycles. The fourth-order valence-corrected chi connectivity index (χ4v) is 1.03. The zero-order valence-corrected chi connectivity index (χ0v) is 8.25. The highest BCUT2D eigenvalue weighted by molar-refractivity contribution is 6.58. The summed E-state index contributed by atoms with van der Waals surface area (Å²) in [7, 11) is 0. The Morgan fingerprint density at radius 1 is 1.07 bits per heavy atom. The summed E-state index contributed by atoms with van der Waals surface area (Å²) in [5.41, 5.74) is 0. The Morgan fingerprint density at radius 2 is 1.60 bits per heavy atom. The van der Waals surface area contributed by atoms with E-state index in [1.54, 1.807) is 25.1 Å². The van der Waals surface area contributed by atoms with E-state index in [9.17, 15) is 12.9 Å². The molecule has 0 saturated carbocycles. The lowest BCUT2D eigenvalue weighted by molar-refractivity contribution is 0.280. The number of ether oxygens (including phenoxy) is 2. The van der Waals surface area contributed by atoms with Gasteiger partial charge in [-0.05, 0) is 19.1 Å². The molecular weight excluding hydrogens is 208 g/mol. The van der Waals surface area contributed by atoms with Crippen molar-refractivity contribution in [1.29, 1.82) is 0 Å². The lowest BCUT2D eigenvalue weighted by Gasteiger charge is -2.17. The predicted molar refractivity (Wildman–Crippen MR) is 52.2 cm³/mol. The molecule has 15 heavy (non-hydrogen) atoms. The first-order valence-electron chi connectivity index (χ1n) is 4.58. The largest absolute Gasteiger partial charge is 0.519 e. The second-order valence-corrected chi connectivity index (χ2v) is 2.90. The van der Waals surface area contributed by atoms with E-state index < -0.39 is 13.5 Å². The highest BCUT2D eigenvalue weighted by atomic mass is 19.4. The maximum Gasteiger partial charge on any atom is 0.515 e. The van der Waals surface area contributed by atoms with Gasteiger partial charge in [0, 0.05) is 0 Å². The smallest absolute Gasteiger partial charge is 0.515 e. The van der Waals surface area contributed by atoms with E-state index in [2.05, 4.69) is 4.74 Å². The fourth-order valence-electron chi connectivity index (χ4n) is 1.03. The van der Waals surface area contributed by atoms with E-state index >= 15 is 0 Å². The van der Waals surface area contributed by atoms with Crippen LogP contribution in [0.2, 0.25) is 0 Å². The molecule has 1 rings (SSSR count). The van der Waals surface area contributed by atoms with Crippen molar-refractivity contribution in [3.8, 4) is 11.5 Å². The molecule has 0 radical (unpaired) electrons. The minimum atomic E-state index is -4.93. The molecule has 0 spiro atoms. The molecule has 0 aliphatic heterocycles. The summed E-state index contributed by atoms with van der Waals surface area (Å²) in [5.74, 6) is 0.457. The average Bonchev–Trinajstić information content (AvgIpc) is 2.16. The van der Waals surface area contributed by atoms with Crippen molar-refractivity contribution < 1.29 is 22.4 Å². The van der Waals surface area contributed by atoms with Crippen LogP contribution in [0.1, 0.15) is 6.92 Å². The van der Waals surface area contributed by atoms with E-state index in [0.29, 0.717) is 12.4 Å². The molecule has 0 unspecified atom stereocenters. The zero-order chi connectivity index (χ0) is 11.3. The van der Waals surface area contributed by atoms with Gasteiger partial charge in [0.25, 0.3) is 0 Å². The van der Waals surface area contributed by atoms with Crippen LogP contribution in [0.4, 0.5) is 12.9 Å². The summed E-state index contributed by atoms with van der Waals surface area (Å²) in [6, 6.07) is 6.30. The minimum Gasteiger partial charge on any atom is -0.519 e. The second-order valence-electron chi connectivity index (χ2n) is 2.90. The molecule has 0 amide bonds. The Labute approximate surface area is 86.1 Å². The van der Waals surface area contributed by atoms with Crippen LogP contribution < -0.4 is 9.47 Å². The first kappa shape index (κ1) is 11.7. The molecule has 2 nitrogen and oxygen atoms in total. The zero-order valence-electron chi connectivity index (χ0n) is 8.25. The molecule has 0 N–H and O–H groups in total. The fraction of sp³-hybridized carbons (Fsp3) is 0.333. The Kier molecular flexibility index (Phi) is 3.88. The maximum absolute atomic E-state index is 12.0. The molecule has 0 aliphatic carbocycles. The van der Waals surface area contributed by atoms with Gasteiger partial charge in [0.1, 0.15) is 0 Å². The third-order valence-corrected chi connectivity index (χ3v) is 1.58. The third kappa shape index (κ3) is 4.14. The third-order valence-electron chi connectivity index (χ3n) is 1.58. The lowest BCUT2D eigenvalue weighted by Crippen LogP contribution is -2.26. The molecule has 84 valence electrons. The van der Waals surface area contributed by atoms with Crippen molar-refractivity contribution in [2.45, 2.75) is 6.92 Å². The summed E-state index contributed by atoms with van der Waals surface area (Å²) in [4.78, 5) is 0. The van der Waals surface area contributed by atoms with Crippen molar-refractivity contribution in [3.05, 3.63) is 24.3 Å². The summed E-state index contributed by atoms with van der Waals surface area (Å²) in [6.07, 6.45) is 0. The summed E-state index contributed by atoms with van der Waals surface area (Å²) in [5, 5.41) is 0. The van der Waals surface area contributed by atoms with Gasteiger partial charge in [0.15, 0.2) is 11.5 Å². The van der Waals surface area contributed by atoms with Gasteiger partial charge in [-0.25, -0.2) is 0 Å². The van der Waals surface area contributed by atoms with Crippen molar-refractivity contribution in [1.82, 2.24) is 0 Å². The van der Waals surface area contributed by atoms with Crippen LogP contribution in [0.25, 0.3) is 0 Å². The van der Waals surface area contributed by atoms with Crippen LogP contribution in [-0.4, -0.2) is 20.1 Å². The molecular formula is C9H11BF3O2-. The minimum absolute atomic E-state index is 0.124. The van der Waals surface area contributed by atoms with E-state index in [0.717, 1.165) is 0 Å². The van der Waals surface area contributed by atoms with Crippen LogP contribution in [0.5, 0.6) is 11.5 Å². The van der Waals surface area contributed by atoms with Crippen molar-refractivity contribution in [2.24, 2.45) is 0 Å². The summed E-state index contributed by atoms with van der Waals surface area (Å²) in [6.45, 7) is -4.04. The number of rotatable bonds is 5. The SMILES string of the molecule is CCOc1ccccc1OC[B-](F)(F)F. The van der Waals surface area contributed by atoms with E-state index in [4.69, 9.17) is 4.74 Å². The molecule has 0 aliphatic rings. The average molecular weight is 219 g/mol. The van der Waals surface area contributed by atoms with Crippen LogP contribution in [0.3, 0.4) is 0 Å². The maximum atomic E-state index is 12.0. The second kappa shape index (κ2) is 4.95. The van der Waals surface area contributed by atoms with Gasteiger partial charge in [0.05, 0.1) is 13.1 Å². The van der Waals surface area contributed by atoms with Gasteiger partial charge < -0.3 is 22.4 Å². The van der Waals surface area contributed by atoms with Gasteiger partial charge in [-0.1, -0.05) is 12.1 Å². The first-order valence-corrected chi connectivity index (χ1v) is 4.58. The topological polar surface area (TPSA) is 18.5 Å². The molecule has 0 atom stereocenters. The van der Waals surface area contributed by atoms with Gasteiger partial charge in [-0.15, -0.1) is 0 Å². The van der Waals surface area contributed by atoms with Crippen molar-refractivity contribution >= 4 is 6.98 Å². The van der Waals surface area contributed by atoms with Crippen molar-refractivity contribution in [2.75, 3.05) is 13.1 Å². The van der Waals surface area contributed by atoms with Gasteiger partial charge >= 0.3 is 6.98 Å². The monoisotopic (exact) mass is 219 g/mol. The molecule has 6 heteroatoms. The van der Waals surface area contributed by atoms with Crippen molar-refractivity contribution in [3.63, 3.8) is 0 Å². The highest BCUT2D eigenvalue weighted by Gasteiger charge is 2.24. The Balaban J connectivity index is 2.67. The molecule has 0 fully saturated rings. The van der Waals surface area contributed by atoms with Crippen LogP contribution in [0.15, 0.2) is 24.3 Å². The number of hydrogen-bond acceptors (Lipinski definition) is 2. The Morgan fingerprint density at radius 3 is 2.07 bits per heavy atom. The molecule has 0 heterocycles. The van der Waals surface area contributed by atoms with Crippen LogP contribution in [0, 0.1) is 0 Å². The first-order chi connectivity index (χ1) is 7.03. The Hall–Kier alpha value is -1.33. The van der Waals surface area contributed by atoms with Crippen LogP contribution in [-0.2, 0) is 0 Å². The molecule has 1 aromatic rings. The number of benzene rings is 1. The molecule has 0 saturated heterocycles. The van der Waals surface area contributed by atoms with Crippen LogP contribution >= 0.6 is 0 Å². The highest BCUT2D eigenvalue weighted by Crippen LogP contribution is 2.27. The summed E-state index contributed by atoms with van der Waals surface area (Å²) < 4.78 is 45.6. The van der Waals surface area contributed by atoms with E-state index in [1.165, 1.54) is 6.07 Å². The predicted octanol–water partition coefficient (Wildman–Crippen LogP) is 2.85. The number of para-hydroxylation sites is 2. The quantitative estimate of drug-likeness (QED) is 0.708. The van der Waals surface area contributed by atoms with E-state index in [-0.39, 0.29) is 5.75 Å². The van der Waals surface area contributed by atoms with Gasteiger partial charge in [-0.2, -0.15) is 0 Å². The lowest BCUT2D eigenvalue weighted by atomic mass is 9.95. The molecule has 1 aromatic carbocycles. The standard InChI is InChI=1S/C9H11BF3O2/c1-2-14-8-5-3-4-6-9(8)15-7-10(11,12)13/h3-6H,2,7H2,1H3/q-1. The normalized spacial score (nSPS) is 11.2. The van der Waals surface area contributed by atoms with E-state index in [1.807, 2.05) is 0 Å². The summed E-state index contributed by atoms with van der Waals surface area (Å²) >= 11 is 0. The number of halogens is 3. The Bertz CT molecular complexity index is 314. The van der Waals surface area contributed by atoms with Gasteiger partial charge in [-0.3, -0.25) is 0 Å².